The molecule has 0 bridgehead atoms. The monoisotopic (exact) mass is 400 g/mol. The van der Waals surface area contributed by atoms with Gasteiger partial charge < -0.3 is 15.6 Å². The number of aromatic nitrogens is 6. The fourth-order valence-electron chi connectivity index (χ4n) is 2.99. The third-order valence-corrected chi connectivity index (χ3v) is 4.39. The van der Waals surface area contributed by atoms with Gasteiger partial charge in [-0.05, 0) is 0 Å². The van der Waals surface area contributed by atoms with Gasteiger partial charge in [-0.2, -0.15) is 0 Å². The van der Waals surface area contributed by atoms with Gasteiger partial charge in [0.1, 0.15) is 21.3 Å². The molecule has 0 aromatic carbocycles. The van der Waals surface area contributed by atoms with Crippen LogP contribution in [0.4, 0.5) is 20.3 Å². The molecule has 0 saturated heterocycles. The number of fused-ring (bicyclic) bond motifs is 1. The number of amides is 1. The van der Waals surface area contributed by atoms with Gasteiger partial charge in [0.15, 0.2) is 30.9 Å². The molecule has 14 heteroatoms. The van der Waals surface area contributed by atoms with Crippen molar-refractivity contribution in [2.45, 2.75) is 0 Å². The number of anilines is 2. The second-order valence-corrected chi connectivity index (χ2v) is 6.26. The summed E-state index contributed by atoms with van der Waals surface area (Å²) in [6.07, 6.45) is 3.09. The number of imidazole rings is 1. The molecule has 9 nitrogen and oxygen atoms in total. The second kappa shape index (κ2) is 6.97. The van der Waals surface area contributed by atoms with Crippen molar-refractivity contribution < 1.29 is 13.6 Å². The molecule has 142 valence electrons. The minimum Gasteiger partial charge on any atom is -0.381 e. The lowest BCUT2D eigenvalue weighted by atomic mass is 9.97. The average molecular weight is 400 g/mol. The Labute approximate surface area is 171 Å². The summed E-state index contributed by atoms with van der Waals surface area (Å²) in [7, 11) is 18.6. The number of hydrogen-bond acceptors (Lipinski definition) is 6. The lowest BCUT2D eigenvalue weighted by molar-refractivity contribution is 0.102. The number of halogens is 2. The van der Waals surface area contributed by atoms with Gasteiger partial charge in [-0.25, -0.2) is 18.3 Å². The molecule has 0 aliphatic carbocycles. The Balaban J connectivity index is 1.83. The molecule has 30 heavy (non-hydrogen) atoms. The van der Waals surface area contributed by atoms with Crippen LogP contribution >= 0.6 is 0 Å². The standard InChI is InChI=1S/C16H9B3F2N8O/c1-28-10(12(18)26-16(28)19)8-5(20)2-23-3-7(8)24-15(30)9-13(22)27-29-4-6(21)11(17)25-14(9)29/h2-4H,1H3,(H2,22,27)(H,24,30). The highest BCUT2D eigenvalue weighted by Gasteiger charge is 2.24. The zero-order valence-corrected chi connectivity index (χ0v) is 15.4. The van der Waals surface area contributed by atoms with Gasteiger partial charge in [0, 0.05) is 24.0 Å². The summed E-state index contributed by atoms with van der Waals surface area (Å²) in [4.78, 5) is 24.4. The summed E-state index contributed by atoms with van der Waals surface area (Å²) >= 11 is 0. The molecule has 6 radical (unpaired) electrons. The molecular formula is C16H9B3F2N8O. The van der Waals surface area contributed by atoms with E-state index in [9.17, 15) is 13.6 Å². The van der Waals surface area contributed by atoms with Crippen molar-refractivity contribution in [3.63, 3.8) is 0 Å². The summed E-state index contributed by atoms with van der Waals surface area (Å²) in [6.45, 7) is 0. The molecule has 0 fully saturated rings. The maximum Gasteiger partial charge on any atom is 0.263 e. The smallest absolute Gasteiger partial charge is 0.263 e. The van der Waals surface area contributed by atoms with Gasteiger partial charge in [-0.1, -0.05) is 0 Å². The summed E-state index contributed by atoms with van der Waals surface area (Å²) < 4.78 is 30.6. The van der Waals surface area contributed by atoms with E-state index in [4.69, 9.17) is 29.3 Å². The third kappa shape index (κ3) is 3.00. The van der Waals surface area contributed by atoms with E-state index >= 15 is 0 Å². The first-order chi connectivity index (χ1) is 14.2. The van der Waals surface area contributed by atoms with Crippen molar-refractivity contribution >= 4 is 63.5 Å². The van der Waals surface area contributed by atoms with Crippen LogP contribution in [-0.2, 0) is 7.05 Å². The lowest BCUT2D eigenvalue weighted by Crippen LogP contribution is -2.20. The number of rotatable bonds is 3. The molecule has 4 aromatic heterocycles. The van der Waals surface area contributed by atoms with Gasteiger partial charge >= 0.3 is 0 Å². The first-order valence-electron chi connectivity index (χ1n) is 8.31. The fourth-order valence-corrected chi connectivity index (χ4v) is 2.99. The number of nitrogens with zero attached hydrogens (tertiary/aromatic N) is 6. The third-order valence-electron chi connectivity index (χ3n) is 4.39. The van der Waals surface area contributed by atoms with Gasteiger partial charge in [0.05, 0.1) is 35.5 Å². The minimum atomic E-state index is -0.835. The van der Waals surface area contributed by atoms with Crippen LogP contribution < -0.4 is 28.0 Å². The first kappa shape index (κ1) is 19.6. The SMILES string of the molecule is [B]c1nc2c(C(=O)Nc3cncc(F)c3-c3c([B])nc([B])n3C)c(N)nn2cc1F. The van der Waals surface area contributed by atoms with Gasteiger partial charge in [0.25, 0.3) is 5.91 Å². The Morgan fingerprint density at radius 3 is 2.53 bits per heavy atom. The number of nitrogens with one attached hydrogen (secondary N) is 1. The summed E-state index contributed by atoms with van der Waals surface area (Å²) in [5.41, 5.74) is 5.10. The Hall–Kier alpha value is -3.70. The molecular weight excluding hydrogens is 391 g/mol. The van der Waals surface area contributed by atoms with E-state index in [1.807, 2.05) is 0 Å². The highest BCUT2D eigenvalue weighted by Crippen LogP contribution is 2.29. The molecule has 4 heterocycles. The Bertz CT molecular complexity index is 1340. The fraction of sp³-hybridized carbons (Fsp3) is 0.0625. The largest absolute Gasteiger partial charge is 0.381 e. The van der Waals surface area contributed by atoms with Crippen LogP contribution in [0.1, 0.15) is 10.4 Å². The maximum atomic E-state index is 14.7. The predicted molar refractivity (Wildman–Crippen MR) is 108 cm³/mol. The van der Waals surface area contributed by atoms with Crippen molar-refractivity contribution in [3.05, 3.63) is 35.8 Å². The van der Waals surface area contributed by atoms with E-state index in [-0.39, 0.29) is 45.3 Å². The van der Waals surface area contributed by atoms with E-state index in [0.29, 0.717) is 0 Å². The van der Waals surface area contributed by atoms with Gasteiger partial charge in [-0.15, -0.1) is 5.10 Å². The quantitative estimate of drug-likeness (QED) is 0.386. The Morgan fingerprint density at radius 1 is 1.13 bits per heavy atom. The summed E-state index contributed by atoms with van der Waals surface area (Å²) in [5, 5.41) is 6.34. The predicted octanol–water partition coefficient (Wildman–Crippen LogP) is -1.98. The average Bonchev–Trinajstić information content (AvgIpc) is 3.11. The highest BCUT2D eigenvalue weighted by molar-refractivity contribution is 6.38. The first-order valence-corrected chi connectivity index (χ1v) is 8.31. The molecule has 0 spiro atoms. The number of pyridine rings is 1. The van der Waals surface area contributed by atoms with Crippen LogP contribution in [0.2, 0.25) is 0 Å². The number of hydrogen-bond donors (Lipinski definition) is 2. The van der Waals surface area contributed by atoms with Gasteiger partial charge in [0.2, 0.25) is 0 Å². The number of nitrogen functional groups attached to an aromatic ring is 1. The summed E-state index contributed by atoms with van der Waals surface area (Å²) in [5.74, 6) is -2.65. The molecule has 3 N–H and O–H groups in total. The summed E-state index contributed by atoms with van der Waals surface area (Å²) in [6, 6.07) is 0. The highest BCUT2D eigenvalue weighted by atomic mass is 19.1. The van der Waals surface area contributed by atoms with Crippen molar-refractivity contribution in [1.82, 2.24) is 29.1 Å². The number of nitrogens with two attached hydrogens (primary N) is 1. The van der Waals surface area contributed by atoms with Crippen molar-refractivity contribution in [3.8, 4) is 11.3 Å². The Kier molecular flexibility index (Phi) is 4.56. The topological polar surface area (TPSA) is 116 Å². The minimum absolute atomic E-state index is 0.0384. The van der Waals surface area contributed by atoms with Crippen LogP contribution in [0.3, 0.4) is 0 Å². The van der Waals surface area contributed by atoms with E-state index in [2.05, 4.69) is 25.4 Å². The molecule has 0 aliphatic heterocycles. The van der Waals surface area contributed by atoms with Crippen molar-refractivity contribution in [2.75, 3.05) is 11.1 Å². The van der Waals surface area contributed by atoms with Crippen molar-refractivity contribution in [1.29, 1.82) is 0 Å². The van der Waals surface area contributed by atoms with Crippen LogP contribution in [-0.4, -0.2) is 58.6 Å². The van der Waals surface area contributed by atoms with Crippen LogP contribution in [0, 0.1) is 11.6 Å². The van der Waals surface area contributed by atoms with Crippen LogP contribution in [0.5, 0.6) is 0 Å². The van der Waals surface area contributed by atoms with Gasteiger partial charge in [-0.3, -0.25) is 14.8 Å². The molecule has 4 aromatic rings. The zero-order valence-electron chi connectivity index (χ0n) is 15.4. The lowest BCUT2D eigenvalue weighted by Gasteiger charge is -2.13. The van der Waals surface area contributed by atoms with Crippen LogP contribution in [0.25, 0.3) is 16.9 Å². The maximum absolute atomic E-state index is 14.7. The molecule has 0 atom stereocenters. The van der Waals surface area contributed by atoms with E-state index < -0.39 is 23.1 Å². The van der Waals surface area contributed by atoms with Crippen molar-refractivity contribution in [2.24, 2.45) is 7.05 Å². The Morgan fingerprint density at radius 2 is 1.87 bits per heavy atom. The number of carbonyl (C=O) groups is 1. The molecule has 4 rings (SSSR count). The molecule has 0 unspecified atom stereocenters. The zero-order chi connectivity index (χ0) is 21.7. The second-order valence-electron chi connectivity index (χ2n) is 6.26. The van der Waals surface area contributed by atoms with E-state index in [0.717, 1.165) is 16.9 Å². The number of carbonyl (C=O) groups excluding carboxylic acids is 1. The molecule has 0 aliphatic rings. The van der Waals surface area contributed by atoms with E-state index in [1.54, 1.807) is 0 Å². The van der Waals surface area contributed by atoms with E-state index in [1.165, 1.54) is 17.8 Å². The normalized spacial score (nSPS) is 11.2. The molecule has 0 saturated carbocycles. The molecule has 1 amide bonds. The van der Waals surface area contributed by atoms with Crippen LogP contribution in [0.15, 0.2) is 18.6 Å².